The maximum Gasteiger partial charge on any atom is 0.146 e. The van der Waals surface area contributed by atoms with Crippen LogP contribution in [-0.2, 0) is 13.6 Å². The lowest BCUT2D eigenvalue weighted by Gasteiger charge is -2.12. The summed E-state index contributed by atoms with van der Waals surface area (Å²) in [7, 11) is 1.96. The molecule has 1 unspecified atom stereocenters. The second kappa shape index (κ2) is 6.43. The van der Waals surface area contributed by atoms with E-state index in [0.717, 1.165) is 25.2 Å². The van der Waals surface area contributed by atoms with Crippen molar-refractivity contribution in [1.29, 1.82) is 0 Å². The topological polar surface area (TPSA) is 42.7 Å². The van der Waals surface area contributed by atoms with Crippen LogP contribution in [0.1, 0.15) is 39.4 Å². The molecule has 1 atom stereocenters. The van der Waals surface area contributed by atoms with Gasteiger partial charge in [-0.25, -0.2) is 0 Å². The van der Waals surface area contributed by atoms with Gasteiger partial charge < -0.3 is 9.88 Å². The molecule has 1 aromatic heterocycles. The van der Waals surface area contributed by atoms with E-state index in [9.17, 15) is 0 Å². The van der Waals surface area contributed by atoms with Crippen molar-refractivity contribution in [1.82, 2.24) is 20.1 Å². The fourth-order valence-corrected chi connectivity index (χ4v) is 1.46. The molecule has 0 fully saturated rings. The Bertz CT molecular complexity index is 337. The number of hydrogen-bond acceptors (Lipinski definition) is 3. The number of aromatic nitrogens is 3. The third-order valence-corrected chi connectivity index (χ3v) is 2.57. The minimum atomic E-state index is 0.507. The van der Waals surface area contributed by atoms with Gasteiger partial charge in [0.05, 0.1) is 6.54 Å². The van der Waals surface area contributed by atoms with Gasteiger partial charge in [0, 0.05) is 13.1 Å². The lowest BCUT2D eigenvalue weighted by molar-refractivity contribution is 0.501. The second-order valence-electron chi connectivity index (χ2n) is 4.50. The monoisotopic (exact) mass is 222 g/mol. The molecule has 0 aliphatic carbocycles. The quantitative estimate of drug-likeness (QED) is 0.749. The van der Waals surface area contributed by atoms with Crippen LogP contribution in [0.3, 0.4) is 0 Å². The highest BCUT2D eigenvalue weighted by Crippen LogP contribution is 2.02. The zero-order valence-electron chi connectivity index (χ0n) is 10.7. The molecular formula is C12H22N4. The normalized spacial score (nSPS) is 12.5. The summed E-state index contributed by atoms with van der Waals surface area (Å²) < 4.78 is 1.94. The average Bonchev–Trinajstić information content (AvgIpc) is 2.60. The van der Waals surface area contributed by atoms with Crippen molar-refractivity contribution in [2.24, 2.45) is 7.05 Å². The van der Waals surface area contributed by atoms with E-state index in [1.807, 2.05) is 11.6 Å². The maximum atomic E-state index is 4.03. The van der Waals surface area contributed by atoms with Gasteiger partial charge in [-0.3, -0.25) is 0 Å². The van der Waals surface area contributed by atoms with Crippen LogP contribution in [0.15, 0.2) is 18.0 Å². The van der Waals surface area contributed by atoms with Gasteiger partial charge in [0.25, 0.3) is 0 Å². The molecule has 0 aromatic carbocycles. The number of hydrogen-bond donors (Lipinski definition) is 1. The number of allylic oxidation sites excluding steroid dienone is 2. The van der Waals surface area contributed by atoms with Crippen molar-refractivity contribution in [3.63, 3.8) is 0 Å². The Morgan fingerprint density at radius 2 is 2.31 bits per heavy atom. The highest BCUT2D eigenvalue weighted by molar-refractivity contribution is 4.93. The largest absolute Gasteiger partial charge is 0.320 e. The highest BCUT2D eigenvalue weighted by atomic mass is 15.3. The average molecular weight is 222 g/mol. The third-order valence-electron chi connectivity index (χ3n) is 2.57. The summed E-state index contributed by atoms with van der Waals surface area (Å²) in [5.74, 6) is 0.981. The fraction of sp³-hybridized carbons (Fsp3) is 0.667. The first-order valence-corrected chi connectivity index (χ1v) is 5.79. The minimum Gasteiger partial charge on any atom is -0.320 e. The van der Waals surface area contributed by atoms with Crippen LogP contribution in [-0.4, -0.2) is 20.8 Å². The van der Waals surface area contributed by atoms with Crippen molar-refractivity contribution in [2.75, 3.05) is 0 Å². The molecule has 1 heterocycles. The molecular weight excluding hydrogens is 200 g/mol. The zero-order valence-corrected chi connectivity index (χ0v) is 10.7. The Labute approximate surface area is 97.8 Å². The Morgan fingerprint density at radius 3 is 2.88 bits per heavy atom. The summed E-state index contributed by atoms with van der Waals surface area (Å²) in [6.07, 6.45) is 6.30. The van der Waals surface area contributed by atoms with Crippen molar-refractivity contribution >= 4 is 0 Å². The van der Waals surface area contributed by atoms with Crippen molar-refractivity contribution in [3.8, 4) is 0 Å². The van der Waals surface area contributed by atoms with E-state index in [-0.39, 0.29) is 0 Å². The molecule has 1 rings (SSSR count). The van der Waals surface area contributed by atoms with Crippen LogP contribution in [0.2, 0.25) is 0 Å². The maximum absolute atomic E-state index is 4.03. The van der Waals surface area contributed by atoms with Gasteiger partial charge in [-0.2, -0.15) is 0 Å². The molecule has 4 nitrogen and oxygen atoms in total. The van der Waals surface area contributed by atoms with Gasteiger partial charge in [-0.1, -0.05) is 11.6 Å². The van der Waals surface area contributed by atoms with Crippen LogP contribution < -0.4 is 5.32 Å². The van der Waals surface area contributed by atoms with E-state index in [1.54, 1.807) is 6.33 Å². The van der Waals surface area contributed by atoms with Gasteiger partial charge in [-0.15, -0.1) is 10.2 Å². The van der Waals surface area contributed by atoms with Gasteiger partial charge in [0.2, 0.25) is 0 Å². The van der Waals surface area contributed by atoms with Gasteiger partial charge in [0.15, 0.2) is 0 Å². The number of rotatable bonds is 6. The van der Waals surface area contributed by atoms with Crippen molar-refractivity contribution in [2.45, 2.75) is 46.2 Å². The molecule has 4 heteroatoms. The molecule has 0 bridgehead atoms. The van der Waals surface area contributed by atoms with E-state index in [4.69, 9.17) is 0 Å². The molecule has 0 saturated carbocycles. The van der Waals surface area contributed by atoms with E-state index < -0.39 is 0 Å². The van der Waals surface area contributed by atoms with Crippen LogP contribution >= 0.6 is 0 Å². The summed E-state index contributed by atoms with van der Waals surface area (Å²) in [5, 5.41) is 11.3. The zero-order chi connectivity index (χ0) is 12.0. The minimum absolute atomic E-state index is 0.507. The van der Waals surface area contributed by atoms with Gasteiger partial charge in [0.1, 0.15) is 12.2 Å². The molecule has 90 valence electrons. The first-order chi connectivity index (χ1) is 7.59. The Balaban J connectivity index is 2.23. The summed E-state index contributed by atoms with van der Waals surface area (Å²) in [6.45, 7) is 7.26. The van der Waals surface area contributed by atoms with E-state index >= 15 is 0 Å². The first-order valence-electron chi connectivity index (χ1n) is 5.79. The first kappa shape index (κ1) is 12.9. The highest BCUT2D eigenvalue weighted by Gasteiger charge is 2.03. The van der Waals surface area contributed by atoms with E-state index in [0.29, 0.717) is 6.04 Å². The van der Waals surface area contributed by atoms with Gasteiger partial charge in [-0.05, 0) is 33.6 Å². The molecule has 0 radical (unpaired) electrons. The Morgan fingerprint density at radius 1 is 1.56 bits per heavy atom. The molecule has 0 saturated heterocycles. The number of nitrogens with one attached hydrogen (secondary N) is 1. The van der Waals surface area contributed by atoms with Crippen LogP contribution in [0.25, 0.3) is 0 Å². The standard InChI is InChI=1S/C12H22N4/c1-10(2)6-5-7-11(3)13-8-12-15-14-9-16(12)4/h6,9,11,13H,5,7-8H2,1-4H3. The smallest absolute Gasteiger partial charge is 0.146 e. The predicted molar refractivity (Wildman–Crippen MR) is 66.0 cm³/mol. The van der Waals surface area contributed by atoms with Crippen molar-refractivity contribution in [3.05, 3.63) is 23.8 Å². The molecule has 16 heavy (non-hydrogen) atoms. The van der Waals surface area contributed by atoms with E-state index in [1.165, 1.54) is 5.57 Å². The molecule has 1 N–H and O–H groups in total. The number of nitrogens with zero attached hydrogens (tertiary/aromatic N) is 3. The summed E-state index contributed by atoms with van der Waals surface area (Å²) in [4.78, 5) is 0. The second-order valence-corrected chi connectivity index (χ2v) is 4.50. The molecule has 0 amide bonds. The third kappa shape index (κ3) is 4.57. The molecule has 0 aliphatic heterocycles. The molecule has 0 aliphatic rings. The lowest BCUT2D eigenvalue weighted by atomic mass is 10.1. The predicted octanol–water partition coefficient (Wildman–Crippen LogP) is 2.04. The lowest BCUT2D eigenvalue weighted by Crippen LogP contribution is -2.26. The van der Waals surface area contributed by atoms with Crippen LogP contribution in [0.4, 0.5) is 0 Å². The fourth-order valence-electron chi connectivity index (χ4n) is 1.46. The number of aryl methyl sites for hydroxylation is 1. The van der Waals surface area contributed by atoms with Crippen molar-refractivity contribution < 1.29 is 0 Å². The van der Waals surface area contributed by atoms with Gasteiger partial charge >= 0.3 is 0 Å². The summed E-state index contributed by atoms with van der Waals surface area (Å²) >= 11 is 0. The Hall–Kier alpha value is -1.16. The van der Waals surface area contributed by atoms with E-state index in [2.05, 4.69) is 42.4 Å². The van der Waals surface area contributed by atoms with Crippen LogP contribution in [0, 0.1) is 0 Å². The molecule has 0 spiro atoms. The molecule has 1 aromatic rings. The Kier molecular flexibility index (Phi) is 5.19. The van der Waals surface area contributed by atoms with Crippen LogP contribution in [0.5, 0.6) is 0 Å². The summed E-state index contributed by atoms with van der Waals surface area (Å²) in [6, 6.07) is 0.507. The SMILES string of the molecule is CC(C)=CCCC(C)NCc1nncn1C. The summed E-state index contributed by atoms with van der Waals surface area (Å²) in [5.41, 5.74) is 1.39.